The highest BCUT2D eigenvalue weighted by Crippen LogP contribution is 2.29. The van der Waals surface area contributed by atoms with Crippen molar-refractivity contribution in [2.45, 2.75) is 18.7 Å². The summed E-state index contributed by atoms with van der Waals surface area (Å²) in [6.45, 7) is 3.76. The summed E-state index contributed by atoms with van der Waals surface area (Å²) >= 11 is 0. The molecule has 0 aliphatic rings. The molecule has 0 atom stereocenters. The molecule has 4 rings (SSSR count). The van der Waals surface area contributed by atoms with E-state index in [1.54, 1.807) is 24.4 Å². The molecule has 6 heteroatoms. The third kappa shape index (κ3) is 2.88. The largest absolute Gasteiger partial charge is 0.377 e. The normalized spacial score (nSPS) is 11.8. The Labute approximate surface area is 151 Å². The monoisotopic (exact) mass is 364 g/mol. The molecular weight excluding hydrogens is 348 g/mol. The van der Waals surface area contributed by atoms with Gasteiger partial charge in [0.1, 0.15) is 10.4 Å². The second-order valence-electron chi connectivity index (χ2n) is 6.16. The van der Waals surface area contributed by atoms with Crippen LogP contribution in [0.25, 0.3) is 21.8 Å². The maximum Gasteiger partial charge on any atom is 0.341 e. The number of hydrogen-bond donors (Lipinski definition) is 0. The summed E-state index contributed by atoms with van der Waals surface area (Å²) in [4.78, 5) is 8.75. The highest BCUT2D eigenvalue weighted by Gasteiger charge is 2.22. The van der Waals surface area contributed by atoms with Crippen LogP contribution in [-0.2, 0) is 10.1 Å². The number of hydrogen-bond acceptors (Lipinski definition) is 5. The summed E-state index contributed by atoms with van der Waals surface area (Å²) in [6.07, 6.45) is 1.64. The van der Waals surface area contributed by atoms with Crippen LogP contribution >= 0.6 is 0 Å². The molecular formula is C20H16N2O3S. The fourth-order valence-electron chi connectivity index (χ4n) is 2.89. The molecule has 5 nitrogen and oxygen atoms in total. The van der Waals surface area contributed by atoms with E-state index in [1.165, 1.54) is 6.07 Å². The van der Waals surface area contributed by atoms with Crippen LogP contribution in [0.4, 0.5) is 0 Å². The maximum atomic E-state index is 12.9. The molecule has 4 aromatic rings. The highest BCUT2D eigenvalue weighted by atomic mass is 32.2. The second-order valence-corrected chi connectivity index (χ2v) is 7.67. The SMILES string of the molecule is Cc1cnc2c(S(=O)(=O)Oc3cccc4ccc(C)nc34)cccc2c1. The maximum absolute atomic E-state index is 12.9. The molecule has 0 bridgehead atoms. The molecule has 26 heavy (non-hydrogen) atoms. The number of nitrogens with zero attached hydrogens (tertiary/aromatic N) is 2. The molecule has 0 saturated heterocycles. The van der Waals surface area contributed by atoms with E-state index in [0.29, 0.717) is 11.0 Å². The number of para-hydroxylation sites is 2. The zero-order chi connectivity index (χ0) is 18.3. The zero-order valence-corrected chi connectivity index (χ0v) is 15.1. The summed E-state index contributed by atoms with van der Waals surface area (Å²) < 4.78 is 31.3. The third-order valence-corrected chi connectivity index (χ3v) is 5.37. The lowest BCUT2D eigenvalue weighted by molar-refractivity contribution is 0.489. The number of pyridine rings is 2. The summed E-state index contributed by atoms with van der Waals surface area (Å²) in [6, 6.07) is 15.9. The van der Waals surface area contributed by atoms with Crippen LogP contribution in [0.5, 0.6) is 5.75 Å². The Kier molecular flexibility index (Phi) is 3.85. The first-order chi connectivity index (χ1) is 12.4. The lowest BCUT2D eigenvalue weighted by Gasteiger charge is -2.11. The van der Waals surface area contributed by atoms with Gasteiger partial charge in [0.15, 0.2) is 5.75 Å². The fraction of sp³-hybridized carbons (Fsp3) is 0.100. The third-order valence-electron chi connectivity index (χ3n) is 4.10. The number of aryl methyl sites for hydroxylation is 2. The summed E-state index contributed by atoms with van der Waals surface area (Å²) in [5, 5.41) is 1.57. The van der Waals surface area contributed by atoms with Crippen molar-refractivity contribution in [3.63, 3.8) is 0 Å². The topological polar surface area (TPSA) is 69.2 Å². The Morgan fingerprint density at radius 2 is 1.65 bits per heavy atom. The van der Waals surface area contributed by atoms with Gasteiger partial charge in [0.2, 0.25) is 0 Å². The molecule has 0 aliphatic heterocycles. The molecule has 0 radical (unpaired) electrons. The summed E-state index contributed by atoms with van der Waals surface area (Å²) in [7, 11) is -4.06. The van der Waals surface area contributed by atoms with Gasteiger partial charge in [-0.15, -0.1) is 0 Å². The van der Waals surface area contributed by atoms with E-state index in [1.807, 2.05) is 44.2 Å². The van der Waals surface area contributed by atoms with Crippen LogP contribution in [0.3, 0.4) is 0 Å². The number of benzene rings is 2. The van der Waals surface area contributed by atoms with Crippen molar-refractivity contribution < 1.29 is 12.6 Å². The van der Waals surface area contributed by atoms with Gasteiger partial charge in [0.25, 0.3) is 0 Å². The van der Waals surface area contributed by atoms with Crippen molar-refractivity contribution in [1.29, 1.82) is 0 Å². The molecule has 0 saturated carbocycles. The molecule has 0 N–H and O–H groups in total. The lowest BCUT2D eigenvalue weighted by atomic mass is 10.2. The smallest absolute Gasteiger partial charge is 0.341 e. The van der Waals surface area contributed by atoms with Crippen LogP contribution in [-0.4, -0.2) is 18.4 Å². The number of fused-ring (bicyclic) bond motifs is 2. The fourth-order valence-corrected chi connectivity index (χ4v) is 4.01. The van der Waals surface area contributed by atoms with Crippen molar-refractivity contribution in [1.82, 2.24) is 9.97 Å². The standard InChI is InChI=1S/C20H16N2O3S/c1-13-11-16-6-4-8-18(20(16)21-12-13)26(23,24)25-17-7-3-5-15-10-9-14(2)22-19(15)17/h3-12H,1-2H3. The average molecular weight is 364 g/mol. The molecule has 0 aliphatic carbocycles. The van der Waals surface area contributed by atoms with Gasteiger partial charge in [0, 0.05) is 22.7 Å². The summed E-state index contributed by atoms with van der Waals surface area (Å²) in [5.41, 5.74) is 2.65. The number of rotatable bonds is 3. The van der Waals surface area contributed by atoms with Crippen LogP contribution in [0.15, 0.2) is 65.7 Å². The van der Waals surface area contributed by atoms with Gasteiger partial charge >= 0.3 is 10.1 Å². The van der Waals surface area contributed by atoms with E-state index in [4.69, 9.17) is 4.18 Å². The minimum absolute atomic E-state index is 0.0413. The minimum atomic E-state index is -4.06. The molecule has 0 fully saturated rings. The van der Waals surface area contributed by atoms with Crippen LogP contribution in [0.2, 0.25) is 0 Å². The average Bonchev–Trinajstić information content (AvgIpc) is 2.61. The molecule has 2 heterocycles. The van der Waals surface area contributed by atoms with Crippen molar-refractivity contribution in [2.24, 2.45) is 0 Å². The predicted molar refractivity (Wildman–Crippen MR) is 101 cm³/mol. The Bertz CT molecular complexity index is 1250. The first-order valence-corrected chi connectivity index (χ1v) is 9.51. The van der Waals surface area contributed by atoms with E-state index >= 15 is 0 Å². The van der Waals surface area contributed by atoms with Gasteiger partial charge < -0.3 is 4.18 Å². The van der Waals surface area contributed by atoms with E-state index < -0.39 is 10.1 Å². The molecule has 0 spiro atoms. The summed E-state index contributed by atoms with van der Waals surface area (Å²) in [5.74, 6) is 0.204. The predicted octanol–water partition coefficient (Wildman–Crippen LogP) is 4.17. The lowest BCUT2D eigenvalue weighted by Crippen LogP contribution is -2.11. The first-order valence-electron chi connectivity index (χ1n) is 8.10. The van der Waals surface area contributed by atoms with Gasteiger partial charge in [0.05, 0.1) is 5.52 Å². The van der Waals surface area contributed by atoms with Crippen LogP contribution in [0, 0.1) is 13.8 Å². The number of aromatic nitrogens is 2. The van der Waals surface area contributed by atoms with E-state index in [-0.39, 0.29) is 10.6 Å². The highest BCUT2D eigenvalue weighted by molar-refractivity contribution is 7.87. The van der Waals surface area contributed by atoms with Gasteiger partial charge in [-0.3, -0.25) is 4.98 Å². The van der Waals surface area contributed by atoms with E-state index in [9.17, 15) is 8.42 Å². The van der Waals surface area contributed by atoms with E-state index in [0.717, 1.165) is 22.0 Å². The first kappa shape index (κ1) is 16.5. The van der Waals surface area contributed by atoms with Crippen molar-refractivity contribution >= 4 is 31.9 Å². The van der Waals surface area contributed by atoms with Crippen molar-refractivity contribution in [3.05, 3.63) is 72.1 Å². The van der Waals surface area contributed by atoms with Crippen molar-refractivity contribution in [3.8, 4) is 5.75 Å². The molecule has 130 valence electrons. The Morgan fingerprint density at radius 3 is 2.50 bits per heavy atom. The molecule has 0 unspecified atom stereocenters. The second kappa shape index (κ2) is 6.07. The Hall–Kier alpha value is -2.99. The van der Waals surface area contributed by atoms with Crippen LogP contribution in [0.1, 0.15) is 11.3 Å². The van der Waals surface area contributed by atoms with Gasteiger partial charge in [-0.2, -0.15) is 8.42 Å². The van der Waals surface area contributed by atoms with Gasteiger partial charge in [-0.05, 0) is 43.7 Å². The zero-order valence-electron chi connectivity index (χ0n) is 14.3. The quantitative estimate of drug-likeness (QED) is 0.510. The Balaban J connectivity index is 1.86. The van der Waals surface area contributed by atoms with Crippen LogP contribution < -0.4 is 4.18 Å². The molecule has 2 aromatic carbocycles. The van der Waals surface area contributed by atoms with E-state index in [2.05, 4.69) is 9.97 Å². The molecule has 0 amide bonds. The Morgan fingerprint density at radius 1 is 0.885 bits per heavy atom. The minimum Gasteiger partial charge on any atom is -0.377 e. The van der Waals surface area contributed by atoms with Gasteiger partial charge in [-0.25, -0.2) is 4.98 Å². The van der Waals surface area contributed by atoms with Crippen molar-refractivity contribution in [2.75, 3.05) is 0 Å². The molecule has 2 aromatic heterocycles. The van der Waals surface area contributed by atoms with Gasteiger partial charge in [-0.1, -0.05) is 30.3 Å².